The van der Waals surface area contributed by atoms with Gasteiger partial charge in [-0.3, -0.25) is 0 Å². The van der Waals surface area contributed by atoms with Gasteiger partial charge < -0.3 is 10.1 Å². The molecule has 0 aliphatic carbocycles. The maximum absolute atomic E-state index is 5.77. The molecule has 4 nitrogen and oxygen atoms in total. The number of nitrogens with one attached hydrogen (secondary N) is 1. The fourth-order valence-corrected chi connectivity index (χ4v) is 1.55. The van der Waals surface area contributed by atoms with Crippen LogP contribution >= 0.6 is 0 Å². The van der Waals surface area contributed by atoms with Gasteiger partial charge >= 0.3 is 0 Å². The van der Waals surface area contributed by atoms with Crippen molar-refractivity contribution in [1.29, 1.82) is 0 Å². The van der Waals surface area contributed by atoms with Crippen LogP contribution in [0.5, 0.6) is 11.6 Å². The van der Waals surface area contributed by atoms with Crippen LogP contribution in [0, 0.1) is 0 Å². The summed E-state index contributed by atoms with van der Waals surface area (Å²) in [6, 6.07) is 11.4. The van der Waals surface area contributed by atoms with Crippen LogP contribution in [0.1, 0.15) is 26.6 Å². The van der Waals surface area contributed by atoms with Crippen molar-refractivity contribution in [2.45, 2.75) is 26.2 Å². The van der Waals surface area contributed by atoms with Gasteiger partial charge in [0, 0.05) is 18.5 Å². The van der Waals surface area contributed by atoms with Crippen molar-refractivity contribution in [3.05, 3.63) is 42.2 Å². The van der Waals surface area contributed by atoms with E-state index in [4.69, 9.17) is 4.74 Å². The van der Waals surface area contributed by atoms with Crippen LogP contribution in [-0.2, 0) is 5.41 Å². The van der Waals surface area contributed by atoms with E-state index >= 15 is 0 Å². The predicted molar refractivity (Wildman–Crippen MR) is 76.8 cm³/mol. The van der Waals surface area contributed by atoms with Gasteiger partial charge in [0.2, 0.25) is 5.88 Å². The van der Waals surface area contributed by atoms with Crippen molar-refractivity contribution in [2.24, 2.45) is 0 Å². The minimum absolute atomic E-state index is 0.123. The lowest BCUT2D eigenvalue weighted by molar-refractivity contribution is 0.446. The number of ether oxygens (including phenoxy) is 1. The number of anilines is 1. The zero-order valence-corrected chi connectivity index (χ0v) is 11.8. The Bertz CT molecular complexity index is 547. The van der Waals surface area contributed by atoms with E-state index in [0.717, 1.165) is 17.4 Å². The maximum atomic E-state index is 5.77. The van der Waals surface area contributed by atoms with Gasteiger partial charge in [-0.1, -0.05) is 39.0 Å². The molecule has 1 aromatic heterocycles. The van der Waals surface area contributed by atoms with Crippen LogP contribution in [0.25, 0.3) is 0 Å². The summed E-state index contributed by atoms with van der Waals surface area (Å²) in [7, 11) is 1.83. The summed E-state index contributed by atoms with van der Waals surface area (Å²) in [6.07, 6.45) is 0. The lowest BCUT2D eigenvalue weighted by Crippen LogP contribution is -2.17. The molecule has 0 aliphatic heterocycles. The standard InChI is InChI=1S/C15H19N3O/c1-15(2,3)14-17-12(16-4)10-13(18-14)19-11-8-6-5-7-9-11/h5-10H,1-4H3,(H,16,17,18). The topological polar surface area (TPSA) is 47.0 Å². The fourth-order valence-electron chi connectivity index (χ4n) is 1.55. The van der Waals surface area contributed by atoms with E-state index in [9.17, 15) is 0 Å². The first-order valence-electron chi connectivity index (χ1n) is 6.29. The third-order valence-electron chi connectivity index (χ3n) is 2.60. The highest BCUT2D eigenvalue weighted by molar-refractivity contribution is 5.40. The van der Waals surface area contributed by atoms with Crippen molar-refractivity contribution in [3.63, 3.8) is 0 Å². The van der Waals surface area contributed by atoms with Crippen LogP contribution in [0.3, 0.4) is 0 Å². The van der Waals surface area contributed by atoms with Gasteiger partial charge in [-0.25, -0.2) is 4.98 Å². The van der Waals surface area contributed by atoms with Gasteiger partial charge in [-0.15, -0.1) is 0 Å². The predicted octanol–water partition coefficient (Wildman–Crippen LogP) is 3.61. The molecule has 100 valence electrons. The van der Waals surface area contributed by atoms with Crippen molar-refractivity contribution < 1.29 is 4.74 Å². The number of hydrogen-bond donors (Lipinski definition) is 1. The SMILES string of the molecule is CNc1cc(Oc2ccccc2)nc(C(C)(C)C)n1. The first-order valence-corrected chi connectivity index (χ1v) is 6.29. The van der Waals surface area contributed by atoms with Gasteiger partial charge in [0.05, 0.1) is 0 Å². The Morgan fingerprint density at radius 1 is 1.05 bits per heavy atom. The first kappa shape index (κ1) is 13.3. The largest absolute Gasteiger partial charge is 0.439 e. The van der Waals surface area contributed by atoms with Crippen molar-refractivity contribution in [2.75, 3.05) is 12.4 Å². The molecule has 0 aliphatic rings. The zero-order chi connectivity index (χ0) is 13.9. The molecule has 1 heterocycles. The summed E-state index contributed by atoms with van der Waals surface area (Å²) in [5, 5.41) is 3.03. The van der Waals surface area contributed by atoms with Crippen molar-refractivity contribution in [3.8, 4) is 11.6 Å². The zero-order valence-electron chi connectivity index (χ0n) is 11.8. The highest BCUT2D eigenvalue weighted by Crippen LogP contribution is 2.26. The number of benzene rings is 1. The van der Waals surface area contributed by atoms with Gasteiger partial charge in [0.15, 0.2) is 0 Å². The molecular weight excluding hydrogens is 238 g/mol. The molecule has 0 amide bonds. The Kier molecular flexibility index (Phi) is 3.69. The van der Waals surface area contributed by atoms with E-state index < -0.39 is 0 Å². The molecule has 0 bridgehead atoms. The maximum Gasteiger partial charge on any atom is 0.224 e. The quantitative estimate of drug-likeness (QED) is 0.912. The number of nitrogens with zero attached hydrogens (tertiary/aromatic N) is 2. The third kappa shape index (κ3) is 3.44. The fraction of sp³-hybridized carbons (Fsp3) is 0.333. The second kappa shape index (κ2) is 5.26. The lowest BCUT2D eigenvalue weighted by atomic mass is 9.96. The van der Waals surface area contributed by atoms with Gasteiger partial charge in [-0.2, -0.15) is 4.98 Å². The van der Waals surface area contributed by atoms with E-state index in [0.29, 0.717) is 5.88 Å². The van der Waals surface area contributed by atoms with E-state index in [1.54, 1.807) is 6.07 Å². The molecular formula is C15H19N3O. The number of hydrogen-bond acceptors (Lipinski definition) is 4. The smallest absolute Gasteiger partial charge is 0.224 e. The average molecular weight is 257 g/mol. The van der Waals surface area contributed by atoms with Gasteiger partial charge in [0.25, 0.3) is 0 Å². The minimum atomic E-state index is -0.123. The van der Waals surface area contributed by atoms with Gasteiger partial charge in [0.1, 0.15) is 17.4 Å². The molecule has 1 aromatic carbocycles. The molecule has 0 spiro atoms. The Morgan fingerprint density at radius 3 is 2.32 bits per heavy atom. The highest BCUT2D eigenvalue weighted by atomic mass is 16.5. The summed E-state index contributed by atoms with van der Waals surface area (Å²) in [6.45, 7) is 6.23. The summed E-state index contributed by atoms with van der Waals surface area (Å²) in [5.74, 6) is 2.83. The van der Waals surface area contributed by atoms with Gasteiger partial charge in [-0.05, 0) is 12.1 Å². The van der Waals surface area contributed by atoms with E-state index in [1.165, 1.54) is 0 Å². The van der Waals surface area contributed by atoms with Crippen molar-refractivity contribution in [1.82, 2.24) is 9.97 Å². The second-order valence-corrected chi connectivity index (χ2v) is 5.33. The Labute approximate surface area is 113 Å². The molecule has 2 aromatic rings. The summed E-state index contributed by atoms with van der Waals surface area (Å²) < 4.78 is 5.77. The van der Waals surface area contributed by atoms with Crippen LogP contribution in [0.15, 0.2) is 36.4 Å². The lowest BCUT2D eigenvalue weighted by Gasteiger charge is -2.18. The Morgan fingerprint density at radius 2 is 1.74 bits per heavy atom. The van der Waals surface area contributed by atoms with Crippen LogP contribution in [-0.4, -0.2) is 17.0 Å². The first-order chi connectivity index (χ1) is 8.99. The summed E-state index contributed by atoms with van der Waals surface area (Å²) in [4.78, 5) is 8.94. The molecule has 4 heteroatoms. The Hall–Kier alpha value is -2.10. The Balaban J connectivity index is 2.35. The number of rotatable bonds is 3. The molecule has 2 rings (SSSR count). The molecule has 0 atom stereocenters. The van der Waals surface area contributed by atoms with Crippen molar-refractivity contribution >= 4 is 5.82 Å². The summed E-state index contributed by atoms with van der Waals surface area (Å²) >= 11 is 0. The third-order valence-corrected chi connectivity index (χ3v) is 2.60. The number of para-hydroxylation sites is 1. The number of aromatic nitrogens is 2. The second-order valence-electron chi connectivity index (χ2n) is 5.33. The molecule has 0 saturated heterocycles. The van der Waals surface area contributed by atoms with Crippen LogP contribution < -0.4 is 10.1 Å². The normalized spacial score (nSPS) is 11.2. The molecule has 1 N–H and O–H groups in total. The average Bonchev–Trinajstić information content (AvgIpc) is 2.38. The molecule has 0 saturated carbocycles. The molecule has 0 fully saturated rings. The molecule has 19 heavy (non-hydrogen) atoms. The summed E-state index contributed by atoms with van der Waals surface area (Å²) in [5.41, 5.74) is -0.123. The van der Waals surface area contributed by atoms with Crippen LogP contribution in [0.2, 0.25) is 0 Å². The highest BCUT2D eigenvalue weighted by Gasteiger charge is 2.19. The minimum Gasteiger partial charge on any atom is -0.439 e. The van der Waals surface area contributed by atoms with Crippen LogP contribution in [0.4, 0.5) is 5.82 Å². The van der Waals surface area contributed by atoms with E-state index in [-0.39, 0.29) is 5.41 Å². The molecule has 0 unspecified atom stereocenters. The molecule has 0 radical (unpaired) electrons. The monoisotopic (exact) mass is 257 g/mol. The van der Waals surface area contributed by atoms with E-state index in [2.05, 4.69) is 36.1 Å². The van der Waals surface area contributed by atoms with E-state index in [1.807, 2.05) is 37.4 Å².